The lowest BCUT2D eigenvalue weighted by molar-refractivity contribution is -0.154. The maximum Gasteiger partial charge on any atom is 0.232 e. The molecule has 4 fully saturated rings. The molecule has 2 saturated carbocycles. The zero-order chi connectivity index (χ0) is 18.9. The summed E-state index contributed by atoms with van der Waals surface area (Å²) in [5.41, 5.74) is 1.50. The minimum atomic E-state index is -0.343. The fourth-order valence-electron chi connectivity index (χ4n) is 6.07. The minimum absolute atomic E-state index is 0.136. The molecule has 1 aromatic carbocycles. The minimum Gasteiger partial charge on any atom is -0.336 e. The number of hydrogen-bond acceptors (Lipinski definition) is 3. The molecule has 4 aliphatic rings. The third-order valence-corrected chi connectivity index (χ3v) is 7.37. The van der Waals surface area contributed by atoms with E-state index in [1.165, 1.54) is 0 Å². The van der Waals surface area contributed by atoms with E-state index < -0.39 is 0 Å². The predicted octanol–water partition coefficient (Wildman–Crippen LogP) is 4.01. The monoisotopic (exact) mass is 382 g/mol. The molecule has 2 saturated heterocycles. The third kappa shape index (κ3) is 2.36. The van der Waals surface area contributed by atoms with Crippen LogP contribution in [-0.2, 0) is 11.8 Å². The molecule has 0 N–H and O–H groups in total. The van der Waals surface area contributed by atoms with Gasteiger partial charge in [-0.05, 0) is 57.1 Å². The Morgan fingerprint density at radius 1 is 1.33 bits per heavy atom. The van der Waals surface area contributed by atoms with Crippen molar-refractivity contribution in [1.29, 1.82) is 5.26 Å². The lowest BCUT2D eigenvalue weighted by Gasteiger charge is -2.59. The Hall–Kier alpha value is -2.06. The normalized spacial score (nSPS) is 32.7. The van der Waals surface area contributed by atoms with Crippen LogP contribution in [0.25, 0.3) is 10.9 Å². The van der Waals surface area contributed by atoms with E-state index in [1.54, 1.807) is 4.68 Å². The highest BCUT2D eigenvalue weighted by atomic mass is 35.5. The SMILES string of the molecule is CC(C(=O)N1C2CC3CC1CC(C#N)(C3)C2)c1nn(C)c2cccc(Cl)c12. The summed E-state index contributed by atoms with van der Waals surface area (Å²) < 4.78 is 1.80. The number of benzene rings is 1. The van der Waals surface area contributed by atoms with Crippen molar-refractivity contribution >= 4 is 28.4 Å². The first-order valence-electron chi connectivity index (χ1n) is 9.77. The first-order chi connectivity index (χ1) is 12.9. The van der Waals surface area contributed by atoms with Crippen molar-refractivity contribution in [2.45, 2.75) is 57.0 Å². The highest BCUT2D eigenvalue weighted by Gasteiger charge is 2.56. The standard InChI is InChI=1S/C21H23ClN4O/c1-12(19-18-16(22)4-3-5-17(18)25(2)24-19)20(27)26-14-6-13-7-15(26)10-21(8-13,9-14)11-23/h3-5,12-15H,6-10H2,1-2H3. The van der Waals surface area contributed by atoms with Crippen LogP contribution >= 0.6 is 11.6 Å². The van der Waals surface area contributed by atoms with Crippen LogP contribution in [0.2, 0.25) is 5.02 Å². The molecular weight excluding hydrogens is 360 g/mol. The fourth-order valence-corrected chi connectivity index (χ4v) is 6.33. The van der Waals surface area contributed by atoms with Crippen LogP contribution in [0.1, 0.15) is 50.6 Å². The molecule has 140 valence electrons. The highest BCUT2D eigenvalue weighted by molar-refractivity contribution is 6.35. The number of aryl methyl sites for hydroxylation is 1. The van der Waals surface area contributed by atoms with E-state index in [4.69, 9.17) is 11.6 Å². The molecule has 6 heteroatoms. The van der Waals surface area contributed by atoms with Crippen LogP contribution in [0.4, 0.5) is 0 Å². The predicted molar refractivity (Wildman–Crippen MR) is 103 cm³/mol. The van der Waals surface area contributed by atoms with Crippen molar-refractivity contribution in [3.63, 3.8) is 0 Å². The lowest BCUT2D eigenvalue weighted by Crippen LogP contribution is -2.63. The molecule has 3 heterocycles. The molecule has 1 aromatic heterocycles. The van der Waals surface area contributed by atoms with Crippen LogP contribution in [0.3, 0.4) is 0 Å². The van der Waals surface area contributed by atoms with E-state index in [9.17, 15) is 10.1 Å². The van der Waals surface area contributed by atoms with E-state index in [-0.39, 0.29) is 29.3 Å². The molecule has 3 atom stereocenters. The van der Waals surface area contributed by atoms with Gasteiger partial charge in [-0.2, -0.15) is 10.4 Å². The summed E-state index contributed by atoms with van der Waals surface area (Å²) in [6, 6.07) is 8.75. The molecule has 2 aromatic rings. The summed E-state index contributed by atoms with van der Waals surface area (Å²) in [6.07, 6.45) is 4.77. The van der Waals surface area contributed by atoms with Gasteiger partial charge in [0.2, 0.25) is 5.91 Å². The Kier molecular flexibility index (Phi) is 3.61. The zero-order valence-electron chi connectivity index (χ0n) is 15.7. The molecule has 4 bridgehead atoms. The first kappa shape index (κ1) is 17.1. The number of aromatic nitrogens is 2. The van der Waals surface area contributed by atoms with Gasteiger partial charge in [-0.3, -0.25) is 9.48 Å². The summed E-state index contributed by atoms with van der Waals surface area (Å²) in [6.45, 7) is 1.94. The van der Waals surface area contributed by atoms with Crippen molar-refractivity contribution in [2.24, 2.45) is 18.4 Å². The van der Waals surface area contributed by atoms with Crippen molar-refractivity contribution in [3.05, 3.63) is 28.9 Å². The number of piperidine rings is 2. The summed E-state index contributed by atoms with van der Waals surface area (Å²) in [4.78, 5) is 15.6. The van der Waals surface area contributed by atoms with Gasteiger partial charge in [0.25, 0.3) is 0 Å². The van der Waals surface area contributed by atoms with E-state index in [2.05, 4.69) is 16.1 Å². The molecule has 0 radical (unpaired) electrons. The van der Waals surface area contributed by atoms with Crippen molar-refractivity contribution < 1.29 is 4.79 Å². The molecule has 6 rings (SSSR count). The third-order valence-electron chi connectivity index (χ3n) is 7.06. The summed E-state index contributed by atoms with van der Waals surface area (Å²) in [7, 11) is 1.89. The van der Waals surface area contributed by atoms with Gasteiger partial charge in [-0.15, -0.1) is 0 Å². The number of hydrogen-bond donors (Lipinski definition) is 0. The zero-order valence-corrected chi connectivity index (χ0v) is 16.4. The smallest absolute Gasteiger partial charge is 0.232 e. The number of amides is 1. The van der Waals surface area contributed by atoms with Gasteiger partial charge in [-0.1, -0.05) is 17.7 Å². The van der Waals surface area contributed by atoms with Crippen LogP contribution < -0.4 is 0 Å². The second kappa shape index (κ2) is 5.72. The molecule has 2 aliphatic carbocycles. The summed E-state index contributed by atoms with van der Waals surface area (Å²) >= 11 is 6.45. The van der Waals surface area contributed by atoms with Crippen molar-refractivity contribution in [1.82, 2.24) is 14.7 Å². The Balaban J connectivity index is 1.50. The van der Waals surface area contributed by atoms with E-state index in [1.807, 2.05) is 32.2 Å². The number of carbonyl (C=O) groups excluding carboxylic acids is 1. The van der Waals surface area contributed by atoms with Crippen molar-refractivity contribution in [3.8, 4) is 6.07 Å². The van der Waals surface area contributed by atoms with Crippen LogP contribution in [0.15, 0.2) is 18.2 Å². The maximum absolute atomic E-state index is 13.5. The Labute approximate surface area is 163 Å². The van der Waals surface area contributed by atoms with Gasteiger partial charge >= 0.3 is 0 Å². The molecule has 1 amide bonds. The lowest BCUT2D eigenvalue weighted by atomic mass is 9.56. The Morgan fingerprint density at radius 2 is 2.04 bits per heavy atom. The van der Waals surface area contributed by atoms with Crippen LogP contribution in [0.5, 0.6) is 0 Å². The topological polar surface area (TPSA) is 61.9 Å². The fraction of sp³-hybridized carbons (Fsp3) is 0.571. The van der Waals surface area contributed by atoms with Gasteiger partial charge in [0, 0.05) is 24.5 Å². The molecular formula is C21H23ClN4O. The van der Waals surface area contributed by atoms with Crippen LogP contribution in [0, 0.1) is 22.7 Å². The summed E-state index contributed by atoms with van der Waals surface area (Å²) in [5.74, 6) is 0.396. The number of halogens is 1. The number of nitriles is 1. The van der Waals surface area contributed by atoms with Crippen LogP contribution in [-0.4, -0.2) is 32.7 Å². The molecule has 5 nitrogen and oxygen atoms in total. The molecule has 0 spiro atoms. The van der Waals surface area contributed by atoms with Gasteiger partial charge in [0.05, 0.1) is 33.6 Å². The van der Waals surface area contributed by atoms with E-state index >= 15 is 0 Å². The Morgan fingerprint density at radius 3 is 2.70 bits per heavy atom. The summed E-state index contributed by atoms with van der Waals surface area (Å²) in [5, 5.41) is 15.9. The van der Waals surface area contributed by atoms with Crippen molar-refractivity contribution in [2.75, 3.05) is 0 Å². The van der Waals surface area contributed by atoms with E-state index in [0.29, 0.717) is 10.9 Å². The second-order valence-electron chi connectivity index (χ2n) is 8.76. The number of fused-ring (bicyclic) bond motifs is 1. The number of nitrogens with zero attached hydrogens (tertiary/aromatic N) is 4. The van der Waals surface area contributed by atoms with Gasteiger partial charge in [0.15, 0.2) is 0 Å². The Bertz CT molecular complexity index is 974. The average Bonchev–Trinajstić information content (AvgIpc) is 2.98. The number of rotatable bonds is 2. The van der Waals surface area contributed by atoms with Gasteiger partial charge in [-0.25, -0.2) is 0 Å². The van der Waals surface area contributed by atoms with E-state index in [0.717, 1.165) is 48.7 Å². The maximum atomic E-state index is 13.5. The van der Waals surface area contributed by atoms with Gasteiger partial charge in [0.1, 0.15) is 0 Å². The largest absolute Gasteiger partial charge is 0.336 e. The quantitative estimate of drug-likeness (QED) is 0.788. The molecule has 2 aliphatic heterocycles. The average molecular weight is 383 g/mol. The first-order valence-corrected chi connectivity index (χ1v) is 10.1. The number of carbonyl (C=O) groups is 1. The molecule has 27 heavy (non-hydrogen) atoms. The highest BCUT2D eigenvalue weighted by Crippen LogP contribution is 2.56. The second-order valence-corrected chi connectivity index (χ2v) is 9.17. The molecule has 3 unspecified atom stereocenters. The van der Waals surface area contributed by atoms with Gasteiger partial charge < -0.3 is 4.90 Å².